The minimum absolute atomic E-state index is 0.0119. The highest BCUT2D eigenvalue weighted by Gasteiger charge is 2.31. The van der Waals surface area contributed by atoms with E-state index in [2.05, 4.69) is 0 Å². The predicted octanol–water partition coefficient (Wildman–Crippen LogP) is 7.79. The van der Waals surface area contributed by atoms with Crippen LogP contribution in [0, 0.1) is 20.2 Å². The fourth-order valence-corrected chi connectivity index (χ4v) is 3.69. The Hall–Kier alpha value is -3.16. The lowest BCUT2D eigenvalue weighted by atomic mass is 9.79. The smallest absolute Gasteiger partial charge is 0.311 e. The number of phenols is 2. The number of nitro benzene ring substituents is 2. The van der Waals surface area contributed by atoms with E-state index in [9.17, 15) is 30.4 Å². The van der Waals surface area contributed by atoms with Crippen molar-refractivity contribution in [2.75, 3.05) is 0 Å². The van der Waals surface area contributed by atoms with Crippen molar-refractivity contribution >= 4 is 11.4 Å². The van der Waals surface area contributed by atoms with Gasteiger partial charge in [-0.1, -0.05) is 89.2 Å². The van der Waals surface area contributed by atoms with Gasteiger partial charge in [0.05, 0.1) is 15.9 Å². The summed E-state index contributed by atoms with van der Waals surface area (Å²) in [6.07, 6.45) is 0. The molecule has 0 aliphatic heterocycles. The molecule has 0 saturated carbocycles. The molecule has 0 heterocycles. The number of aromatic hydroxyl groups is 2. The summed E-state index contributed by atoms with van der Waals surface area (Å²) in [6.45, 7) is 23.5. The molecule has 2 N–H and O–H groups in total. The van der Waals surface area contributed by atoms with Crippen molar-refractivity contribution in [2.24, 2.45) is 0 Å². The number of benzene rings is 2. The molecule has 0 atom stereocenters. The van der Waals surface area contributed by atoms with E-state index in [0.29, 0.717) is 11.1 Å². The third-order valence-electron chi connectivity index (χ3n) is 5.89. The second kappa shape index (κ2) is 10.1. The van der Waals surface area contributed by atoms with E-state index >= 15 is 0 Å². The second-order valence-electron chi connectivity index (χ2n) is 13.3. The fourth-order valence-electron chi connectivity index (χ4n) is 3.69. The lowest BCUT2D eigenvalue weighted by molar-refractivity contribution is -0.386. The van der Waals surface area contributed by atoms with Gasteiger partial charge in [-0.25, -0.2) is 0 Å². The maximum absolute atomic E-state index is 11.1. The van der Waals surface area contributed by atoms with Crippen molar-refractivity contribution in [1.82, 2.24) is 0 Å². The summed E-state index contributed by atoms with van der Waals surface area (Å²) in [4.78, 5) is 21.1. The molecular weight excluding hydrogens is 460 g/mol. The van der Waals surface area contributed by atoms with Gasteiger partial charge >= 0.3 is 5.69 Å². The normalized spacial score (nSPS) is 12.6. The average molecular weight is 503 g/mol. The Morgan fingerprint density at radius 3 is 1.31 bits per heavy atom. The van der Waals surface area contributed by atoms with Gasteiger partial charge in [-0.05, 0) is 33.3 Å². The van der Waals surface area contributed by atoms with Crippen molar-refractivity contribution < 1.29 is 20.1 Å². The number of phenolic OH excluding ortho intramolecular Hbond substituents is 2. The van der Waals surface area contributed by atoms with Gasteiger partial charge in [0, 0.05) is 22.8 Å². The zero-order chi connectivity index (χ0) is 28.6. The molecule has 0 amide bonds. The Labute approximate surface area is 214 Å². The van der Waals surface area contributed by atoms with Gasteiger partial charge < -0.3 is 10.2 Å². The summed E-state index contributed by atoms with van der Waals surface area (Å²) in [6, 6.07) is 6.35. The highest BCUT2D eigenvalue weighted by molar-refractivity contribution is 5.57. The van der Waals surface area contributed by atoms with Crippen LogP contribution >= 0.6 is 0 Å². The van der Waals surface area contributed by atoms with Gasteiger partial charge in [-0.15, -0.1) is 0 Å². The first-order valence-electron chi connectivity index (χ1n) is 11.9. The molecule has 0 spiro atoms. The SMILES string of the molecule is CC(C)(C)c1cc(C(C)(C)C)c([N+](=O)[O-])cc1O.CC(C)(C)c1cc([N+](=O)[O-])c(O)c(C(C)(C)C)c1. The van der Waals surface area contributed by atoms with Crippen LogP contribution in [-0.4, -0.2) is 20.1 Å². The molecule has 0 fully saturated rings. The predicted molar refractivity (Wildman–Crippen MR) is 144 cm³/mol. The minimum atomic E-state index is -0.528. The van der Waals surface area contributed by atoms with Crippen molar-refractivity contribution in [1.29, 1.82) is 0 Å². The minimum Gasteiger partial charge on any atom is -0.507 e. The van der Waals surface area contributed by atoms with Crippen molar-refractivity contribution in [3.05, 3.63) is 66.7 Å². The molecule has 0 radical (unpaired) electrons. The van der Waals surface area contributed by atoms with E-state index in [4.69, 9.17) is 0 Å². The van der Waals surface area contributed by atoms with Gasteiger partial charge in [-0.2, -0.15) is 0 Å². The van der Waals surface area contributed by atoms with Crippen LogP contribution in [0.2, 0.25) is 0 Å². The summed E-state index contributed by atoms with van der Waals surface area (Å²) in [5.74, 6) is -0.234. The van der Waals surface area contributed by atoms with Gasteiger partial charge in [0.2, 0.25) is 0 Å². The quantitative estimate of drug-likeness (QED) is 0.319. The summed E-state index contributed by atoms with van der Waals surface area (Å²) < 4.78 is 0. The summed E-state index contributed by atoms with van der Waals surface area (Å²) in [7, 11) is 0. The molecule has 2 aromatic carbocycles. The van der Waals surface area contributed by atoms with E-state index in [0.717, 1.165) is 11.1 Å². The first kappa shape index (κ1) is 30.9. The molecule has 0 unspecified atom stereocenters. The molecule has 8 nitrogen and oxygen atoms in total. The molecule has 8 heteroatoms. The van der Waals surface area contributed by atoms with Crippen molar-refractivity contribution in [2.45, 2.75) is 105 Å². The third kappa shape index (κ3) is 7.42. The lowest BCUT2D eigenvalue weighted by Crippen LogP contribution is -2.18. The Morgan fingerprint density at radius 2 is 0.972 bits per heavy atom. The van der Waals surface area contributed by atoms with Gasteiger partial charge in [-0.3, -0.25) is 20.2 Å². The van der Waals surface area contributed by atoms with Crippen molar-refractivity contribution in [3.8, 4) is 11.5 Å². The van der Waals surface area contributed by atoms with E-state index in [-0.39, 0.29) is 44.5 Å². The van der Waals surface area contributed by atoms with Crippen LogP contribution < -0.4 is 0 Å². The molecule has 0 bridgehead atoms. The average Bonchev–Trinajstić information content (AvgIpc) is 2.64. The molecule has 0 aromatic heterocycles. The Kier molecular flexibility index (Phi) is 8.63. The van der Waals surface area contributed by atoms with Crippen LogP contribution in [0.15, 0.2) is 24.3 Å². The molecule has 2 aromatic rings. The van der Waals surface area contributed by atoms with Crippen LogP contribution in [0.5, 0.6) is 11.5 Å². The highest BCUT2D eigenvalue weighted by atomic mass is 16.6. The molecular formula is C28H42N2O6. The van der Waals surface area contributed by atoms with E-state index < -0.39 is 9.85 Å². The number of nitro groups is 2. The van der Waals surface area contributed by atoms with Crippen LogP contribution in [0.3, 0.4) is 0 Å². The van der Waals surface area contributed by atoms with E-state index in [1.807, 2.05) is 89.2 Å². The number of rotatable bonds is 2. The fraction of sp³-hybridized carbons (Fsp3) is 0.571. The Morgan fingerprint density at radius 1 is 0.556 bits per heavy atom. The van der Waals surface area contributed by atoms with Crippen LogP contribution in [-0.2, 0) is 21.7 Å². The van der Waals surface area contributed by atoms with Crippen molar-refractivity contribution in [3.63, 3.8) is 0 Å². The highest BCUT2D eigenvalue weighted by Crippen LogP contribution is 2.42. The van der Waals surface area contributed by atoms with E-state index in [1.165, 1.54) is 12.1 Å². The van der Waals surface area contributed by atoms with Crippen LogP contribution in [0.1, 0.15) is 105 Å². The van der Waals surface area contributed by atoms with Crippen LogP contribution in [0.4, 0.5) is 11.4 Å². The molecule has 2 rings (SSSR count). The Balaban J connectivity index is 0.000000360. The first-order valence-corrected chi connectivity index (χ1v) is 11.9. The van der Waals surface area contributed by atoms with Crippen LogP contribution in [0.25, 0.3) is 0 Å². The summed E-state index contributed by atoms with van der Waals surface area (Å²) in [5, 5.41) is 42.1. The lowest BCUT2D eigenvalue weighted by Gasteiger charge is -2.25. The Bertz CT molecular complexity index is 1140. The number of nitrogens with zero attached hydrogens (tertiary/aromatic N) is 2. The molecule has 200 valence electrons. The standard InChI is InChI=1S/2C14H21NO3/c1-13(2,3)9-7-10(14(4,5)6)12(16)8-11(9)15(17)18;1-13(2,3)9-7-10(14(4,5)6)12(16)11(8-9)15(17)18/h2*7-8,16H,1-6H3. The number of hydrogen-bond donors (Lipinski definition) is 2. The maximum Gasteiger partial charge on any atom is 0.311 e. The van der Waals surface area contributed by atoms with E-state index in [1.54, 1.807) is 6.07 Å². The molecule has 0 aliphatic carbocycles. The monoisotopic (exact) mass is 502 g/mol. The maximum atomic E-state index is 11.1. The first-order chi connectivity index (χ1) is 15.9. The number of hydrogen-bond acceptors (Lipinski definition) is 6. The second-order valence-corrected chi connectivity index (χ2v) is 13.3. The molecule has 36 heavy (non-hydrogen) atoms. The molecule has 0 saturated heterocycles. The summed E-state index contributed by atoms with van der Waals surface area (Å²) >= 11 is 0. The van der Waals surface area contributed by atoms with Gasteiger partial charge in [0.1, 0.15) is 5.75 Å². The third-order valence-corrected chi connectivity index (χ3v) is 5.89. The largest absolute Gasteiger partial charge is 0.507 e. The zero-order valence-electron chi connectivity index (χ0n) is 23.7. The topological polar surface area (TPSA) is 127 Å². The van der Waals surface area contributed by atoms with Gasteiger partial charge in [0.15, 0.2) is 5.75 Å². The zero-order valence-corrected chi connectivity index (χ0v) is 23.7. The summed E-state index contributed by atoms with van der Waals surface area (Å²) in [5.41, 5.74) is 1.50. The van der Waals surface area contributed by atoms with Gasteiger partial charge in [0.25, 0.3) is 5.69 Å². The molecule has 0 aliphatic rings.